The van der Waals surface area contributed by atoms with E-state index in [1.165, 1.54) is 0 Å². The van der Waals surface area contributed by atoms with Gasteiger partial charge < -0.3 is 0 Å². The quantitative estimate of drug-likeness (QED) is 0.582. The molecule has 0 amide bonds. The number of rotatable bonds is 0. The lowest BCUT2D eigenvalue weighted by atomic mass is 10.8. The molecule has 38 valence electrons. The van der Waals surface area contributed by atoms with Crippen LogP contribution >= 0.6 is 22.6 Å². The van der Waals surface area contributed by atoms with E-state index in [0.717, 1.165) is 3.70 Å². The minimum absolute atomic E-state index is 1.04. The van der Waals surface area contributed by atoms with E-state index < -0.39 is 0 Å². The molecular weight excluding hydrogens is 203 g/mol. The molecule has 0 fully saturated rings. The van der Waals surface area contributed by atoms with Crippen molar-refractivity contribution in [3.8, 4) is 0 Å². The van der Waals surface area contributed by atoms with E-state index >= 15 is 0 Å². The van der Waals surface area contributed by atoms with Crippen molar-refractivity contribution in [2.45, 2.75) is 0 Å². The first kappa shape index (κ1) is 5.08. The third-order valence-corrected chi connectivity index (χ3v) is 1.26. The predicted octanol–water partition coefficient (Wildman–Crippen LogP) is 1.02. The molecule has 1 rings (SSSR count). The summed E-state index contributed by atoms with van der Waals surface area (Å²) >= 11 is 2.17. The van der Waals surface area contributed by atoms with Gasteiger partial charge in [0, 0.05) is 13.2 Å². The van der Waals surface area contributed by atoms with Gasteiger partial charge in [-0.3, -0.25) is 4.68 Å². The molecule has 0 unspecified atom stereocenters. The lowest BCUT2D eigenvalue weighted by molar-refractivity contribution is 0.760. The first-order valence-corrected chi connectivity index (χ1v) is 3.02. The average Bonchev–Trinajstić information content (AvgIpc) is 1.87. The fourth-order valence-corrected chi connectivity index (χ4v) is 0.888. The zero-order valence-corrected chi connectivity index (χ0v) is 6.08. The maximum atomic E-state index is 4.01. The second kappa shape index (κ2) is 1.81. The molecule has 0 atom stereocenters. The van der Waals surface area contributed by atoms with Gasteiger partial charge in [0.1, 0.15) is 3.70 Å². The number of aryl methyl sites for hydroxylation is 1. The zero-order chi connectivity index (χ0) is 5.28. The smallest absolute Gasteiger partial charge is 0.123 e. The van der Waals surface area contributed by atoms with Crippen LogP contribution in [0.1, 0.15) is 0 Å². The van der Waals surface area contributed by atoms with Crippen LogP contribution in [-0.2, 0) is 7.05 Å². The topological polar surface area (TPSA) is 17.8 Å². The van der Waals surface area contributed by atoms with Crippen molar-refractivity contribution in [1.82, 2.24) is 9.78 Å². The standard InChI is InChI=1S/C4H5IN2/c1-7-3-2-4(5)6-7/h2-3H,1H3. The molecule has 0 saturated carbocycles. The summed E-state index contributed by atoms with van der Waals surface area (Å²) in [4.78, 5) is 0. The Morgan fingerprint density at radius 1 is 1.86 bits per heavy atom. The minimum atomic E-state index is 1.04. The molecule has 0 N–H and O–H groups in total. The summed E-state index contributed by atoms with van der Waals surface area (Å²) in [5.74, 6) is 0. The normalized spacial score (nSPS) is 9.43. The third kappa shape index (κ3) is 1.15. The summed E-state index contributed by atoms with van der Waals surface area (Å²) in [6, 6.07) is 1.96. The van der Waals surface area contributed by atoms with Gasteiger partial charge in [0.2, 0.25) is 0 Å². The van der Waals surface area contributed by atoms with Crippen LogP contribution in [-0.4, -0.2) is 9.78 Å². The number of aromatic nitrogens is 2. The summed E-state index contributed by atoms with van der Waals surface area (Å²) in [5.41, 5.74) is 0. The molecule has 0 radical (unpaired) electrons. The monoisotopic (exact) mass is 208 g/mol. The summed E-state index contributed by atoms with van der Waals surface area (Å²) < 4.78 is 2.82. The fraction of sp³-hybridized carbons (Fsp3) is 0.250. The lowest BCUT2D eigenvalue weighted by Crippen LogP contribution is -1.85. The molecule has 0 aliphatic rings. The Morgan fingerprint density at radius 3 is 2.71 bits per heavy atom. The Morgan fingerprint density at radius 2 is 2.57 bits per heavy atom. The highest BCUT2D eigenvalue weighted by Gasteiger charge is 1.84. The molecule has 2 nitrogen and oxygen atoms in total. The molecule has 1 aromatic rings. The van der Waals surface area contributed by atoms with Gasteiger partial charge in [-0.15, -0.1) is 0 Å². The molecule has 3 heteroatoms. The molecule has 0 bridgehead atoms. The van der Waals surface area contributed by atoms with Gasteiger partial charge in [-0.05, 0) is 28.7 Å². The highest BCUT2D eigenvalue weighted by Crippen LogP contribution is 1.95. The van der Waals surface area contributed by atoms with Crippen LogP contribution in [0.25, 0.3) is 0 Å². The van der Waals surface area contributed by atoms with Crippen LogP contribution in [0.3, 0.4) is 0 Å². The fourth-order valence-electron chi connectivity index (χ4n) is 0.387. The highest BCUT2D eigenvalue weighted by atomic mass is 127. The van der Waals surface area contributed by atoms with E-state index in [4.69, 9.17) is 0 Å². The van der Waals surface area contributed by atoms with Crippen molar-refractivity contribution in [1.29, 1.82) is 0 Å². The van der Waals surface area contributed by atoms with Crippen LogP contribution in [0.2, 0.25) is 0 Å². The maximum Gasteiger partial charge on any atom is 0.123 e. The Hall–Kier alpha value is -0.0600. The van der Waals surface area contributed by atoms with Gasteiger partial charge in [0.15, 0.2) is 0 Å². The first-order valence-electron chi connectivity index (χ1n) is 1.94. The Bertz CT molecular complexity index is 142. The van der Waals surface area contributed by atoms with Gasteiger partial charge in [-0.2, -0.15) is 5.10 Å². The molecular formula is C4H5IN2. The molecule has 0 spiro atoms. The number of halogens is 1. The van der Waals surface area contributed by atoms with Crippen molar-refractivity contribution in [2.75, 3.05) is 0 Å². The molecule has 1 heterocycles. The summed E-state index contributed by atoms with van der Waals surface area (Å²) in [6.45, 7) is 0. The summed E-state index contributed by atoms with van der Waals surface area (Å²) in [7, 11) is 1.90. The Kier molecular flexibility index (Phi) is 1.32. The van der Waals surface area contributed by atoms with Crippen LogP contribution in [0.4, 0.5) is 0 Å². The van der Waals surface area contributed by atoms with Gasteiger partial charge in [-0.1, -0.05) is 0 Å². The second-order valence-corrected chi connectivity index (χ2v) is 2.42. The largest absolute Gasteiger partial charge is 0.275 e. The number of hydrogen-bond donors (Lipinski definition) is 0. The van der Waals surface area contributed by atoms with Crippen LogP contribution < -0.4 is 0 Å². The predicted molar refractivity (Wildman–Crippen MR) is 35.9 cm³/mol. The van der Waals surface area contributed by atoms with Crippen molar-refractivity contribution in [3.63, 3.8) is 0 Å². The highest BCUT2D eigenvalue weighted by molar-refractivity contribution is 14.1. The molecule has 0 aromatic carbocycles. The lowest BCUT2D eigenvalue weighted by Gasteiger charge is -1.79. The van der Waals surface area contributed by atoms with Crippen LogP contribution in [0.15, 0.2) is 12.3 Å². The van der Waals surface area contributed by atoms with E-state index in [0.29, 0.717) is 0 Å². The zero-order valence-electron chi connectivity index (χ0n) is 3.93. The van der Waals surface area contributed by atoms with Gasteiger partial charge in [0.25, 0.3) is 0 Å². The van der Waals surface area contributed by atoms with E-state index in [1.807, 2.05) is 19.3 Å². The van der Waals surface area contributed by atoms with Crippen molar-refractivity contribution in [2.24, 2.45) is 7.05 Å². The van der Waals surface area contributed by atoms with Gasteiger partial charge >= 0.3 is 0 Å². The van der Waals surface area contributed by atoms with Crippen LogP contribution in [0.5, 0.6) is 0 Å². The SMILES string of the molecule is Cn1ccc(I)n1. The third-order valence-electron chi connectivity index (χ3n) is 0.681. The van der Waals surface area contributed by atoms with Crippen molar-refractivity contribution < 1.29 is 0 Å². The molecule has 1 aromatic heterocycles. The average molecular weight is 208 g/mol. The van der Waals surface area contributed by atoms with E-state index in [2.05, 4.69) is 27.7 Å². The Balaban J connectivity index is 3.04. The van der Waals surface area contributed by atoms with E-state index in [1.54, 1.807) is 4.68 Å². The minimum Gasteiger partial charge on any atom is -0.275 e. The maximum absolute atomic E-state index is 4.01. The second-order valence-electron chi connectivity index (χ2n) is 1.31. The molecule has 0 aliphatic carbocycles. The Labute approximate surface area is 55.7 Å². The van der Waals surface area contributed by atoms with E-state index in [9.17, 15) is 0 Å². The number of hydrogen-bond acceptors (Lipinski definition) is 1. The molecule has 0 aliphatic heterocycles. The summed E-state index contributed by atoms with van der Waals surface area (Å²) in [6.07, 6.45) is 1.92. The van der Waals surface area contributed by atoms with Gasteiger partial charge in [0.05, 0.1) is 0 Å². The van der Waals surface area contributed by atoms with Crippen LogP contribution in [0, 0.1) is 3.70 Å². The van der Waals surface area contributed by atoms with Gasteiger partial charge in [-0.25, -0.2) is 0 Å². The number of nitrogens with zero attached hydrogens (tertiary/aromatic N) is 2. The molecule has 0 saturated heterocycles. The van der Waals surface area contributed by atoms with E-state index in [-0.39, 0.29) is 0 Å². The summed E-state index contributed by atoms with van der Waals surface area (Å²) in [5, 5.41) is 4.01. The van der Waals surface area contributed by atoms with Crippen molar-refractivity contribution in [3.05, 3.63) is 16.0 Å². The molecule has 7 heavy (non-hydrogen) atoms. The first-order chi connectivity index (χ1) is 3.29. The van der Waals surface area contributed by atoms with Crippen molar-refractivity contribution >= 4 is 22.6 Å².